The number of alkyl halides is 2. The Hall–Kier alpha value is -3.57. The van der Waals surface area contributed by atoms with Gasteiger partial charge in [0.2, 0.25) is 0 Å². The van der Waals surface area contributed by atoms with Gasteiger partial charge in [0.25, 0.3) is 12.3 Å². The van der Waals surface area contributed by atoms with E-state index in [1.165, 1.54) is 12.1 Å². The van der Waals surface area contributed by atoms with Crippen molar-refractivity contribution in [3.05, 3.63) is 76.6 Å². The van der Waals surface area contributed by atoms with Crippen molar-refractivity contribution in [2.75, 3.05) is 25.6 Å². The number of aliphatic hydroxyl groups is 1. The average molecular weight is 504 g/mol. The summed E-state index contributed by atoms with van der Waals surface area (Å²) in [5, 5.41) is 12.0. The summed E-state index contributed by atoms with van der Waals surface area (Å²) in [6.07, 6.45) is 0.206. The van der Waals surface area contributed by atoms with Crippen molar-refractivity contribution >= 4 is 11.7 Å². The largest absolute Gasteiger partial charge is 0.394 e. The number of anilines is 1. The van der Waals surface area contributed by atoms with Crippen LogP contribution in [-0.2, 0) is 4.74 Å². The zero-order valence-electron chi connectivity index (χ0n) is 19.1. The molecule has 11 heteroatoms. The molecule has 4 rings (SSSR count). The van der Waals surface area contributed by atoms with E-state index in [9.17, 15) is 27.5 Å². The molecule has 190 valence electrons. The average Bonchev–Trinajstić information content (AvgIpc) is 2.87. The van der Waals surface area contributed by atoms with E-state index in [1.54, 1.807) is 6.20 Å². The van der Waals surface area contributed by atoms with Crippen molar-refractivity contribution in [3.63, 3.8) is 0 Å². The van der Waals surface area contributed by atoms with Gasteiger partial charge in [-0.15, -0.1) is 0 Å². The molecular weight excluding hydrogens is 480 g/mol. The van der Waals surface area contributed by atoms with Gasteiger partial charge in [0.15, 0.2) is 0 Å². The number of amides is 1. The molecule has 7 nitrogen and oxygen atoms in total. The Morgan fingerprint density at radius 1 is 1.14 bits per heavy atom. The second kappa shape index (κ2) is 11.0. The van der Waals surface area contributed by atoms with Gasteiger partial charge in [-0.1, -0.05) is 6.07 Å². The quantitative estimate of drug-likeness (QED) is 0.414. The Labute approximate surface area is 204 Å². The summed E-state index contributed by atoms with van der Waals surface area (Å²) >= 11 is 0. The van der Waals surface area contributed by atoms with Crippen LogP contribution in [0.5, 0.6) is 0 Å². The summed E-state index contributed by atoms with van der Waals surface area (Å²) in [6, 6.07) is 5.08. The molecule has 0 radical (unpaired) electrons. The van der Waals surface area contributed by atoms with E-state index in [2.05, 4.69) is 15.3 Å². The molecule has 0 bridgehead atoms. The van der Waals surface area contributed by atoms with Gasteiger partial charge in [-0.05, 0) is 48.7 Å². The molecule has 1 fully saturated rings. The number of nitrogens with one attached hydrogen (secondary N) is 1. The van der Waals surface area contributed by atoms with Gasteiger partial charge < -0.3 is 20.9 Å². The van der Waals surface area contributed by atoms with Crippen LogP contribution in [-0.4, -0.2) is 40.8 Å². The zero-order valence-corrected chi connectivity index (χ0v) is 19.1. The van der Waals surface area contributed by atoms with Gasteiger partial charge in [0.1, 0.15) is 23.1 Å². The highest BCUT2D eigenvalue weighted by molar-refractivity contribution is 5.95. The van der Waals surface area contributed by atoms with Crippen molar-refractivity contribution in [2.45, 2.75) is 31.2 Å². The lowest BCUT2D eigenvalue weighted by Gasteiger charge is -2.22. The summed E-state index contributed by atoms with van der Waals surface area (Å²) in [4.78, 5) is 21.5. The first-order chi connectivity index (χ1) is 17.3. The Bertz CT molecular complexity index is 1250. The van der Waals surface area contributed by atoms with Crippen LogP contribution >= 0.6 is 0 Å². The van der Waals surface area contributed by atoms with E-state index in [0.717, 1.165) is 31.0 Å². The molecule has 4 N–H and O–H groups in total. The highest BCUT2D eigenvalue weighted by Gasteiger charge is 2.23. The highest BCUT2D eigenvalue weighted by atomic mass is 19.3. The standard InChI is InChI=1S/C25H24F4N4O3/c26-17-8-15(7-16(9-17)23(28)29)21(12-34)33-25(35)18-2-1-14(10-19(18)27)22-24(30)31-11-20(32-22)13-3-5-36-6-4-13/h1-2,7-11,13,21,23,34H,3-6,12H2,(H2,30,31)(H,33,35). The van der Waals surface area contributed by atoms with Gasteiger partial charge in [0.05, 0.1) is 30.1 Å². The number of hydrogen-bond acceptors (Lipinski definition) is 6. The van der Waals surface area contributed by atoms with E-state index in [0.29, 0.717) is 30.5 Å². The maximum Gasteiger partial charge on any atom is 0.263 e. The molecule has 36 heavy (non-hydrogen) atoms. The monoisotopic (exact) mass is 504 g/mol. The maximum absolute atomic E-state index is 15.0. The zero-order chi connectivity index (χ0) is 25.8. The summed E-state index contributed by atoms with van der Waals surface area (Å²) in [5.41, 5.74) is 6.24. The predicted molar refractivity (Wildman–Crippen MR) is 123 cm³/mol. The SMILES string of the molecule is Nc1ncc(C2CCOCC2)nc1-c1ccc(C(=O)NC(CO)c2cc(F)cc(C(F)F)c2)c(F)c1. The minimum absolute atomic E-state index is 0.0776. The van der Waals surface area contributed by atoms with Crippen molar-refractivity contribution in [3.8, 4) is 11.3 Å². The van der Waals surface area contributed by atoms with Crippen LogP contribution in [0.2, 0.25) is 0 Å². The molecule has 0 saturated carbocycles. The van der Waals surface area contributed by atoms with Gasteiger partial charge >= 0.3 is 0 Å². The molecular formula is C25H24F4N4O3. The van der Waals surface area contributed by atoms with Crippen LogP contribution in [0, 0.1) is 11.6 Å². The fourth-order valence-electron chi connectivity index (χ4n) is 4.09. The molecule has 2 aromatic carbocycles. The lowest BCUT2D eigenvalue weighted by molar-refractivity contribution is 0.0844. The number of hydrogen-bond donors (Lipinski definition) is 3. The lowest BCUT2D eigenvalue weighted by Crippen LogP contribution is -2.31. The van der Waals surface area contributed by atoms with E-state index in [4.69, 9.17) is 10.5 Å². The second-order valence-corrected chi connectivity index (χ2v) is 8.44. The first-order valence-corrected chi connectivity index (χ1v) is 11.3. The van der Waals surface area contributed by atoms with Crippen LogP contribution < -0.4 is 11.1 Å². The molecule has 3 aromatic rings. The number of carbonyl (C=O) groups excluding carboxylic acids is 1. The lowest BCUT2D eigenvalue weighted by atomic mass is 9.96. The third-order valence-electron chi connectivity index (χ3n) is 6.03. The summed E-state index contributed by atoms with van der Waals surface area (Å²) < 4.78 is 60.2. The molecule has 0 spiro atoms. The number of nitrogen functional groups attached to an aromatic ring is 1. The molecule has 1 atom stereocenters. The first-order valence-electron chi connectivity index (χ1n) is 11.3. The number of aromatic nitrogens is 2. The number of benzene rings is 2. The Morgan fingerprint density at radius 2 is 1.86 bits per heavy atom. The summed E-state index contributed by atoms with van der Waals surface area (Å²) in [6.45, 7) is 0.499. The van der Waals surface area contributed by atoms with E-state index in [-0.39, 0.29) is 28.6 Å². The van der Waals surface area contributed by atoms with Crippen LogP contribution in [0.1, 0.15) is 58.4 Å². The van der Waals surface area contributed by atoms with Crippen LogP contribution in [0.25, 0.3) is 11.3 Å². The van der Waals surface area contributed by atoms with Crippen LogP contribution in [0.4, 0.5) is 23.4 Å². The molecule has 1 aromatic heterocycles. The number of nitrogens with two attached hydrogens (primary N) is 1. The number of rotatable bonds is 7. The molecule has 1 amide bonds. The van der Waals surface area contributed by atoms with Crippen LogP contribution in [0.15, 0.2) is 42.6 Å². The number of nitrogens with zero attached hydrogens (tertiary/aromatic N) is 2. The number of carbonyl (C=O) groups is 1. The highest BCUT2D eigenvalue weighted by Crippen LogP contribution is 2.30. The molecule has 1 aliphatic rings. The van der Waals surface area contributed by atoms with Gasteiger partial charge in [-0.2, -0.15) is 0 Å². The second-order valence-electron chi connectivity index (χ2n) is 8.44. The molecule has 1 unspecified atom stereocenters. The van der Waals surface area contributed by atoms with Gasteiger partial charge in [0, 0.05) is 30.3 Å². The normalized spacial score (nSPS) is 15.2. The molecule has 2 heterocycles. The number of halogens is 4. The van der Waals surface area contributed by atoms with E-state index in [1.807, 2.05) is 0 Å². The van der Waals surface area contributed by atoms with Gasteiger partial charge in [-0.25, -0.2) is 27.5 Å². The predicted octanol–water partition coefficient (Wildman–Crippen LogP) is 4.30. The molecule has 1 aliphatic heterocycles. The molecule has 1 saturated heterocycles. The third kappa shape index (κ3) is 5.63. The Balaban J connectivity index is 1.56. The topological polar surface area (TPSA) is 110 Å². The molecule has 0 aliphatic carbocycles. The number of aliphatic hydroxyl groups excluding tert-OH is 1. The maximum atomic E-state index is 15.0. The summed E-state index contributed by atoms with van der Waals surface area (Å²) in [7, 11) is 0. The summed E-state index contributed by atoms with van der Waals surface area (Å²) in [5.74, 6) is -2.52. The minimum atomic E-state index is -2.94. The smallest absolute Gasteiger partial charge is 0.263 e. The minimum Gasteiger partial charge on any atom is -0.394 e. The number of ether oxygens (including phenoxy) is 1. The van der Waals surface area contributed by atoms with Crippen molar-refractivity contribution < 1.29 is 32.2 Å². The van der Waals surface area contributed by atoms with E-state index < -0.39 is 42.2 Å². The fraction of sp³-hybridized carbons (Fsp3) is 0.320. The fourth-order valence-corrected chi connectivity index (χ4v) is 4.09. The third-order valence-corrected chi connectivity index (χ3v) is 6.03. The van der Waals surface area contributed by atoms with Crippen molar-refractivity contribution in [2.24, 2.45) is 0 Å². The first kappa shape index (κ1) is 25.5. The van der Waals surface area contributed by atoms with Crippen molar-refractivity contribution in [1.29, 1.82) is 0 Å². The Kier molecular flexibility index (Phi) is 7.80. The van der Waals surface area contributed by atoms with Crippen molar-refractivity contribution in [1.82, 2.24) is 15.3 Å². The van der Waals surface area contributed by atoms with E-state index >= 15 is 0 Å². The Morgan fingerprint density at radius 3 is 2.53 bits per heavy atom. The van der Waals surface area contributed by atoms with Gasteiger partial charge in [-0.3, -0.25) is 4.79 Å². The van der Waals surface area contributed by atoms with Crippen LogP contribution in [0.3, 0.4) is 0 Å².